The molecule has 0 aromatic carbocycles. The number of carbonyl (C=O) groups is 2. The Morgan fingerprint density at radius 2 is 1.66 bits per heavy atom. The Morgan fingerprint density at radius 3 is 2.14 bits per heavy atom. The Kier molecular flexibility index (Phi) is 12.7. The number of nitrogens with one attached hydrogen (secondary N) is 1. The third-order valence-corrected chi connectivity index (χ3v) is 4.58. The van der Waals surface area contributed by atoms with Crippen molar-refractivity contribution in [1.29, 1.82) is 0 Å². The number of dihydropyridines is 1. The first-order chi connectivity index (χ1) is 13.8. The van der Waals surface area contributed by atoms with Crippen LogP contribution in [0.15, 0.2) is 46.3 Å². The minimum atomic E-state index is -0.437. The van der Waals surface area contributed by atoms with E-state index in [-0.39, 0.29) is 12.5 Å². The summed E-state index contributed by atoms with van der Waals surface area (Å²) in [7, 11) is 3.32. The molecule has 0 aromatic rings. The van der Waals surface area contributed by atoms with Gasteiger partial charge in [0.05, 0.1) is 18.3 Å². The molecule has 1 unspecified atom stereocenters. The van der Waals surface area contributed by atoms with Gasteiger partial charge in [-0.2, -0.15) is 0 Å². The number of nitrogens with zero attached hydrogens (tertiary/aromatic N) is 1. The second-order valence-electron chi connectivity index (χ2n) is 6.65. The molecule has 6 heteroatoms. The molecule has 1 atom stereocenters. The quantitative estimate of drug-likeness (QED) is 0.486. The second-order valence-corrected chi connectivity index (χ2v) is 6.65. The van der Waals surface area contributed by atoms with Crippen LogP contribution in [0, 0.1) is 5.92 Å². The molecule has 0 saturated carbocycles. The van der Waals surface area contributed by atoms with Gasteiger partial charge < -0.3 is 14.8 Å². The molecule has 0 aromatic heterocycles. The Morgan fingerprint density at radius 1 is 1.10 bits per heavy atom. The Labute approximate surface area is 176 Å². The van der Waals surface area contributed by atoms with E-state index in [0.717, 1.165) is 6.54 Å². The van der Waals surface area contributed by atoms with Crippen LogP contribution in [-0.2, 0) is 19.1 Å². The molecule has 6 nitrogen and oxygen atoms in total. The lowest BCUT2D eigenvalue weighted by Gasteiger charge is -2.27. The monoisotopic (exact) mass is 406 g/mol. The van der Waals surface area contributed by atoms with E-state index in [0.29, 0.717) is 29.1 Å². The number of hydrogen-bond acceptors (Lipinski definition) is 6. The van der Waals surface area contributed by atoms with Gasteiger partial charge in [0.25, 0.3) is 0 Å². The van der Waals surface area contributed by atoms with Gasteiger partial charge in [-0.25, -0.2) is 9.59 Å². The zero-order valence-electron chi connectivity index (χ0n) is 19.5. The zero-order valence-corrected chi connectivity index (χ0v) is 19.5. The zero-order chi connectivity index (χ0) is 22.6. The van der Waals surface area contributed by atoms with Gasteiger partial charge in [0.2, 0.25) is 0 Å². The first kappa shape index (κ1) is 26.7. The number of carbonyl (C=O) groups excluding carboxylic acids is 2. The van der Waals surface area contributed by atoms with Gasteiger partial charge in [0, 0.05) is 30.4 Å². The predicted molar refractivity (Wildman–Crippen MR) is 118 cm³/mol. The first-order valence-electron chi connectivity index (χ1n) is 10.2. The fourth-order valence-electron chi connectivity index (χ4n) is 3.20. The van der Waals surface area contributed by atoms with E-state index in [1.807, 2.05) is 54.7 Å². The van der Waals surface area contributed by atoms with Crippen LogP contribution in [0.4, 0.5) is 0 Å². The van der Waals surface area contributed by atoms with Crippen molar-refractivity contribution >= 4 is 11.9 Å². The maximum Gasteiger partial charge on any atom is 0.336 e. The van der Waals surface area contributed by atoms with Gasteiger partial charge in [0.15, 0.2) is 0 Å². The Bertz CT molecular complexity index is 687. The van der Waals surface area contributed by atoms with E-state index >= 15 is 0 Å². The summed E-state index contributed by atoms with van der Waals surface area (Å²) in [5, 5.41) is 3.08. The van der Waals surface area contributed by atoms with Crippen molar-refractivity contribution < 1.29 is 19.1 Å². The summed E-state index contributed by atoms with van der Waals surface area (Å²) in [6, 6.07) is 0. The average molecular weight is 407 g/mol. The Balaban J connectivity index is 0.00000379. The van der Waals surface area contributed by atoms with Crippen LogP contribution in [-0.4, -0.2) is 50.7 Å². The lowest BCUT2D eigenvalue weighted by atomic mass is 9.87. The highest BCUT2D eigenvalue weighted by Crippen LogP contribution is 2.30. The topological polar surface area (TPSA) is 67.9 Å². The maximum atomic E-state index is 12.6. The van der Waals surface area contributed by atoms with E-state index in [2.05, 4.69) is 22.4 Å². The summed E-state index contributed by atoms with van der Waals surface area (Å²) >= 11 is 0. The predicted octanol–water partition coefficient (Wildman–Crippen LogP) is 3.97. The third-order valence-electron chi connectivity index (χ3n) is 4.58. The molecule has 1 aliphatic rings. The van der Waals surface area contributed by atoms with E-state index in [9.17, 15) is 9.59 Å². The molecule has 0 spiro atoms. The van der Waals surface area contributed by atoms with E-state index in [4.69, 9.17) is 9.47 Å². The standard InChI is InChI=1S/C21H32N2O4.C2H6/c1-8-10-17(9-2)13-23(6)11-12-27-21(25)19-14(3)18(20(24)26-7)15(4)22-16(19)5;1-2/h8-10,14,22H,11-13H2,1-7H3;1-2H3/b10-8-,17-9+;. The first-order valence-corrected chi connectivity index (χ1v) is 10.2. The van der Waals surface area contributed by atoms with Crippen molar-refractivity contribution in [3.63, 3.8) is 0 Å². The summed E-state index contributed by atoms with van der Waals surface area (Å²) < 4.78 is 10.3. The van der Waals surface area contributed by atoms with Gasteiger partial charge in [-0.05, 0) is 40.3 Å². The maximum absolute atomic E-state index is 12.6. The fraction of sp³-hybridized carbons (Fsp3) is 0.565. The van der Waals surface area contributed by atoms with E-state index in [1.165, 1.54) is 12.7 Å². The molecule has 0 aliphatic carbocycles. The van der Waals surface area contributed by atoms with Gasteiger partial charge in [0.1, 0.15) is 6.61 Å². The molecule has 0 radical (unpaired) electrons. The molecule has 0 saturated heterocycles. The van der Waals surface area contributed by atoms with Gasteiger partial charge in [-0.3, -0.25) is 4.90 Å². The van der Waals surface area contributed by atoms with Crippen molar-refractivity contribution in [2.45, 2.75) is 48.5 Å². The highest BCUT2D eigenvalue weighted by Gasteiger charge is 2.33. The van der Waals surface area contributed by atoms with Crippen LogP contribution >= 0.6 is 0 Å². The highest BCUT2D eigenvalue weighted by molar-refractivity contribution is 5.97. The van der Waals surface area contributed by atoms with Crippen LogP contribution in [0.5, 0.6) is 0 Å². The molecule has 0 bridgehead atoms. The van der Waals surface area contributed by atoms with Gasteiger partial charge in [-0.1, -0.05) is 39.0 Å². The average Bonchev–Trinajstić information content (AvgIpc) is 2.68. The second kappa shape index (κ2) is 13.8. The van der Waals surface area contributed by atoms with Crippen LogP contribution < -0.4 is 5.32 Å². The molecule has 1 aliphatic heterocycles. The Hall–Kier alpha value is -2.34. The SMILES string of the molecule is C/C=C\C(=C/C)CN(C)CCOC(=O)C1=C(C)NC(C)=C(C(=O)OC)C1C.CC. The molecule has 0 amide bonds. The minimum absolute atomic E-state index is 0.280. The molecule has 164 valence electrons. The van der Waals surface area contributed by atoms with Crippen LogP contribution in [0.2, 0.25) is 0 Å². The highest BCUT2D eigenvalue weighted by atomic mass is 16.5. The van der Waals surface area contributed by atoms with E-state index < -0.39 is 11.9 Å². The molecule has 29 heavy (non-hydrogen) atoms. The van der Waals surface area contributed by atoms with Crippen molar-refractivity contribution in [1.82, 2.24) is 10.2 Å². The van der Waals surface area contributed by atoms with Crippen LogP contribution in [0.25, 0.3) is 0 Å². The summed E-state index contributed by atoms with van der Waals surface area (Å²) in [6.45, 7) is 15.1. The summed E-state index contributed by atoms with van der Waals surface area (Å²) in [4.78, 5) is 26.7. The molecule has 1 N–H and O–H groups in total. The van der Waals surface area contributed by atoms with Crippen molar-refractivity contribution in [2.24, 2.45) is 5.92 Å². The number of allylic oxidation sites excluding steroid dienone is 4. The summed E-state index contributed by atoms with van der Waals surface area (Å²) in [5.74, 6) is -1.23. The fourth-order valence-corrected chi connectivity index (χ4v) is 3.20. The number of likely N-dealkylation sites (N-methyl/N-ethyl adjacent to an activating group) is 1. The molecular weight excluding hydrogens is 368 g/mol. The lowest BCUT2D eigenvalue weighted by Crippen LogP contribution is -2.33. The largest absolute Gasteiger partial charge is 0.466 e. The van der Waals surface area contributed by atoms with Crippen LogP contribution in [0.1, 0.15) is 48.5 Å². The van der Waals surface area contributed by atoms with Crippen molar-refractivity contribution in [3.05, 3.63) is 46.3 Å². The summed E-state index contributed by atoms with van der Waals surface area (Å²) in [5.41, 5.74) is 3.53. The number of esters is 2. The molecule has 1 rings (SSSR count). The normalized spacial score (nSPS) is 17.2. The van der Waals surface area contributed by atoms with E-state index in [1.54, 1.807) is 6.92 Å². The molecule has 0 fully saturated rings. The summed E-state index contributed by atoms with van der Waals surface area (Å²) in [6.07, 6.45) is 6.13. The number of methoxy groups -OCH3 is 1. The smallest absolute Gasteiger partial charge is 0.336 e. The van der Waals surface area contributed by atoms with Gasteiger partial charge in [-0.15, -0.1) is 0 Å². The minimum Gasteiger partial charge on any atom is -0.466 e. The molecular formula is C23H38N2O4. The molecule has 1 heterocycles. The number of ether oxygens (including phenoxy) is 2. The van der Waals surface area contributed by atoms with Gasteiger partial charge >= 0.3 is 11.9 Å². The van der Waals surface area contributed by atoms with Crippen molar-refractivity contribution in [2.75, 3.05) is 33.9 Å². The third kappa shape index (κ3) is 7.89. The number of rotatable bonds is 8. The lowest BCUT2D eigenvalue weighted by molar-refractivity contribution is -0.140. The number of hydrogen-bond donors (Lipinski definition) is 1. The van der Waals surface area contributed by atoms with Crippen LogP contribution in [0.3, 0.4) is 0 Å². The van der Waals surface area contributed by atoms with Crippen molar-refractivity contribution in [3.8, 4) is 0 Å².